The molecule has 0 amide bonds. The molecule has 0 saturated carbocycles. The van der Waals surface area contributed by atoms with Crippen molar-refractivity contribution in [3.63, 3.8) is 0 Å². The summed E-state index contributed by atoms with van der Waals surface area (Å²) in [6, 6.07) is 20.8. The van der Waals surface area contributed by atoms with Gasteiger partial charge in [0.25, 0.3) is 11.6 Å². The Morgan fingerprint density at radius 1 is 1.06 bits per heavy atom. The van der Waals surface area contributed by atoms with Gasteiger partial charge in [-0.15, -0.1) is 5.10 Å². The number of hydrogen-bond donors (Lipinski definition) is 1. The second kappa shape index (κ2) is 9.31. The van der Waals surface area contributed by atoms with Crippen LogP contribution in [-0.4, -0.2) is 32.7 Å². The van der Waals surface area contributed by atoms with Gasteiger partial charge in [-0.05, 0) is 30.7 Å². The lowest BCUT2D eigenvalue weighted by Crippen LogP contribution is -2.18. The molecule has 33 heavy (non-hydrogen) atoms. The summed E-state index contributed by atoms with van der Waals surface area (Å²) >= 11 is 0. The van der Waals surface area contributed by atoms with Gasteiger partial charge in [0, 0.05) is 18.2 Å². The first-order valence-electron chi connectivity index (χ1n) is 10.2. The molecule has 0 bridgehead atoms. The molecule has 1 aromatic heterocycles. The number of nitro benzene ring substituents is 1. The molecule has 0 fully saturated rings. The van der Waals surface area contributed by atoms with Crippen LogP contribution in [-0.2, 0) is 6.54 Å². The van der Waals surface area contributed by atoms with Crippen LogP contribution in [0.4, 0.5) is 11.6 Å². The van der Waals surface area contributed by atoms with E-state index in [0.717, 1.165) is 27.1 Å². The number of hydrogen-bond acceptors (Lipinski definition) is 7. The van der Waals surface area contributed by atoms with Crippen LogP contribution in [0.1, 0.15) is 21.5 Å². The summed E-state index contributed by atoms with van der Waals surface area (Å²) in [4.78, 5) is 28.6. The number of nitrogens with zero attached hydrogens (tertiary/aromatic N) is 4. The monoisotopic (exact) mass is 443 g/mol. The zero-order chi connectivity index (χ0) is 23.4. The molecule has 0 radical (unpaired) electrons. The Morgan fingerprint density at radius 2 is 1.76 bits per heavy atom. The number of benzene rings is 3. The highest BCUT2D eigenvalue weighted by Crippen LogP contribution is 2.23. The van der Waals surface area contributed by atoms with E-state index in [1.165, 1.54) is 18.2 Å². The van der Waals surface area contributed by atoms with E-state index in [-0.39, 0.29) is 17.2 Å². The third kappa shape index (κ3) is 4.72. The predicted octanol–water partition coefficient (Wildman–Crippen LogP) is 4.47. The number of carbonyl (C=O) groups excluding carboxylic acids is 1. The molecule has 166 valence electrons. The summed E-state index contributed by atoms with van der Waals surface area (Å²) in [6.45, 7) is 2.33. The first kappa shape index (κ1) is 21.7. The van der Waals surface area contributed by atoms with Gasteiger partial charge < -0.3 is 10.1 Å². The number of carbonyl (C=O) groups is 1. The van der Waals surface area contributed by atoms with Crippen LogP contribution >= 0.6 is 0 Å². The van der Waals surface area contributed by atoms with Crippen molar-refractivity contribution in [1.82, 2.24) is 14.8 Å². The van der Waals surface area contributed by atoms with Crippen molar-refractivity contribution in [2.24, 2.45) is 0 Å². The first-order valence-corrected chi connectivity index (χ1v) is 10.2. The second-order valence-corrected chi connectivity index (χ2v) is 7.32. The lowest BCUT2D eigenvalue weighted by atomic mass is 10.1. The minimum Gasteiger partial charge on any atom is -0.497 e. The van der Waals surface area contributed by atoms with Crippen molar-refractivity contribution in [3.05, 3.63) is 99.6 Å². The van der Waals surface area contributed by atoms with Crippen LogP contribution in [0.5, 0.6) is 5.75 Å². The number of methoxy groups -OCH3 is 1. The topological polar surface area (TPSA) is 112 Å². The third-order valence-corrected chi connectivity index (χ3v) is 5.05. The van der Waals surface area contributed by atoms with Crippen LogP contribution in [0.15, 0.2) is 72.8 Å². The Kier molecular flexibility index (Phi) is 6.12. The first-order chi connectivity index (χ1) is 16.0. The van der Waals surface area contributed by atoms with Gasteiger partial charge >= 0.3 is 0 Å². The minimum atomic E-state index is -0.648. The van der Waals surface area contributed by atoms with E-state index < -0.39 is 10.8 Å². The van der Waals surface area contributed by atoms with E-state index in [0.29, 0.717) is 12.4 Å². The molecular weight excluding hydrogens is 422 g/mol. The van der Waals surface area contributed by atoms with Gasteiger partial charge in [0.1, 0.15) is 11.3 Å². The smallest absolute Gasteiger partial charge is 0.288 e. The fourth-order valence-electron chi connectivity index (χ4n) is 3.25. The molecule has 0 aliphatic heterocycles. The maximum atomic E-state index is 13.3. The van der Waals surface area contributed by atoms with Gasteiger partial charge in [0.15, 0.2) is 5.82 Å². The van der Waals surface area contributed by atoms with E-state index in [2.05, 4.69) is 15.4 Å². The van der Waals surface area contributed by atoms with E-state index in [1.807, 2.05) is 55.5 Å². The summed E-state index contributed by atoms with van der Waals surface area (Å²) in [5.74, 6) is 0.601. The maximum absolute atomic E-state index is 13.3. The largest absolute Gasteiger partial charge is 0.497 e. The zero-order valence-corrected chi connectivity index (χ0v) is 18.1. The van der Waals surface area contributed by atoms with Crippen molar-refractivity contribution in [2.45, 2.75) is 13.5 Å². The van der Waals surface area contributed by atoms with Gasteiger partial charge in [0.2, 0.25) is 5.95 Å². The molecule has 1 heterocycles. The van der Waals surface area contributed by atoms with Crippen molar-refractivity contribution in [1.29, 1.82) is 0 Å². The number of nitro groups is 1. The number of nitrogens with one attached hydrogen (secondary N) is 1. The van der Waals surface area contributed by atoms with Crippen LogP contribution < -0.4 is 10.1 Å². The van der Waals surface area contributed by atoms with Crippen molar-refractivity contribution in [3.8, 4) is 17.1 Å². The second-order valence-electron chi connectivity index (χ2n) is 7.32. The zero-order valence-electron chi connectivity index (χ0n) is 18.1. The molecule has 4 rings (SSSR count). The van der Waals surface area contributed by atoms with E-state index in [4.69, 9.17) is 4.74 Å². The van der Waals surface area contributed by atoms with Crippen LogP contribution in [0.3, 0.4) is 0 Å². The fourth-order valence-corrected chi connectivity index (χ4v) is 3.25. The number of aromatic nitrogens is 3. The number of rotatable bonds is 7. The van der Waals surface area contributed by atoms with Crippen LogP contribution in [0.25, 0.3) is 11.4 Å². The number of aryl methyl sites for hydroxylation is 1. The Hall–Kier alpha value is -4.53. The van der Waals surface area contributed by atoms with Crippen molar-refractivity contribution >= 4 is 17.5 Å². The average molecular weight is 443 g/mol. The molecule has 0 aliphatic carbocycles. The molecule has 0 unspecified atom stereocenters. The number of ether oxygens (including phenoxy) is 1. The standard InChI is InChI=1S/C24H21N5O4/c1-16-7-11-18(12-8-16)22-26-24(25-15-17-9-13-19(33-2)14-10-17)28(27-22)23(30)20-5-3-4-6-21(20)29(31)32/h3-14H,15H2,1-2H3,(H,25,26,27). The van der Waals surface area contributed by atoms with Gasteiger partial charge in [-0.2, -0.15) is 9.67 Å². The van der Waals surface area contributed by atoms with Gasteiger partial charge in [-0.1, -0.05) is 54.1 Å². The molecule has 3 aromatic carbocycles. The van der Waals surface area contributed by atoms with Gasteiger partial charge in [-0.25, -0.2) is 0 Å². The maximum Gasteiger partial charge on any atom is 0.288 e. The molecule has 1 N–H and O–H groups in total. The molecule has 0 saturated heterocycles. The van der Waals surface area contributed by atoms with E-state index >= 15 is 0 Å². The normalized spacial score (nSPS) is 10.6. The van der Waals surface area contributed by atoms with Crippen LogP contribution in [0.2, 0.25) is 0 Å². The Labute approximate surface area is 189 Å². The molecule has 0 aliphatic rings. The number of anilines is 1. The Morgan fingerprint density at radius 3 is 2.42 bits per heavy atom. The molecule has 9 nitrogen and oxygen atoms in total. The fraction of sp³-hybridized carbons (Fsp3) is 0.125. The van der Waals surface area contributed by atoms with E-state index in [9.17, 15) is 14.9 Å². The quantitative estimate of drug-likeness (QED) is 0.331. The lowest BCUT2D eigenvalue weighted by Gasteiger charge is -2.08. The SMILES string of the molecule is COc1ccc(CNc2nc(-c3ccc(C)cc3)nn2C(=O)c2ccccc2[N+](=O)[O-])cc1. The highest BCUT2D eigenvalue weighted by Gasteiger charge is 2.25. The lowest BCUT2D eigenvalue weighted by molar-refractivity contribution is -0.385. The molecule has 4 aromatic rings. The Balaban J connectivity index is 1.71. The van der Waals surface area contributed by atoms with Crippen molar-refractivity contribution < 1.29 is 14.5 Å². The molecule has 0 atom stereocenters. The summed E-state index contributed by atoms with van der Waals surface area (Å²) in [6.07, 6.45) is 0. The summed E-state index contributed by atoms with van der Waals surface area (Å²) in [7, 11) is 1.59. The molecule has 9 heteroatoms. The average Bonchev–Trinajstić information content (AvgIpc) is 3.27. The highest BCUT2D eigenvalue weighted by molar-refractivity contribution is 6.00. The molecule has 0 spiro atoms. The van der Waals surface area contributed by atoms with Crippen LogP contribution in [0, 0.1) is 17.0 Å². The molecular formula is C24H21N5O4. The van der Waals surface area contributed by atoms with Gasteiger partial charge in [0.05, 0.1) is 12.0 Å². The highest BCUT2D eigenvalue weighted by atomic mass is 16.6. The number of para-hydroxylation sites is 1. The Bertz CT molecular complexity index is 1300. The predicted molar refractivity (Wildman–Crippen MR) is 123 cm³/mol. The van der Waals surface area contributed by atoms with Gasteiger partial charge in [-0.3, -0.25) is 14.9 Å². The van der Waals surface area contributed by atoms with Crippen molar-refractivity contribution in [2.75, 3.05) is 12.4 Å². The summed E-state index contributed by atoms with van der Waals surface area (Å²) in [5, 5.41) is 18.9. The summed E-state index contributed by atoms with van der Waals surface area (Å²) < 4.78 is 6.25. The minimum absolute atomic E-state index is 0.0737. The summed E-state index contributed by atoms with van der Waals surface area (Å²) in [5.41, 5.74) is 2.36. The third-order valence-electron chi connectivity index (χ3n) is 5.05. The van der Waals surface area contributed by atoms with E-state index in [1.54, 1.807) is 13.2 Å².